The molecule has 0 aromatic heterocycles. The van der Waals surface area contributed by atoms with E-state index in [1.165, 1.54) is 25.4 Å². The zero-order valence-electron chi connectivity index (χ0n) is 13.0. The summed E-state index contributed by atoms with van der Waals surface area (Å²) in [5.74, 6) is 0. The highest BCUT2D eigenvalue weighted by Crippen LogP contribution is 2.45. The highest BCUT2D eigenvalue weighted by atomic mass is 31.1. The fourth-order valence-corrected chi connectivity index (χ4v) is 5.63. The van der Waals surface area contributed by atoms with Crippen LogP contribution < -0.4 is 5.32 Å². The third-order valence-corrected chi connectivity index (χ3v) is 9.48. The van der Waals surface area contributed by atoms with Crippen LogP contribution in [0.5, 0.6) is 0 Å². The summed E-state index contributed by atoms with van der Waals surface area (Å²) in [4.78, 5) is 0. The van der Waals surface area contributed by atoms with E-state index >= 15 is 0 Å². The molecule has 0 fully saturated rings. The summed E-state index contributed by atoms with van der Waals surface area (Å²) in [6.45, 7) is 19.1. The Morgan fingerprint density at radius 1 is 0.765 bits per heavy atom. The molecule has 0 bridgehead atoms. The molecule has 0 heterocycles. The Hall–Kier alpha value is 0.820. The highest BCUT2D eigenvalue weighted by Gasteiger charge is 2.15. The van der Waals surface area contributed by atoms with Gasteiger partial charge in [-0.15, -0.1) is 15.8 Å². The molecular formula is C14H33NP2. The van der Waals surface area contributed by atoms with Crippen LogP contribution >= 0.6 is 15.8 Å². The molecule has 0 amide bonds. The lowest BCUT2D eigenvalue weighted by Gasteiger charge is -2.26. The molecule has 0 aliphatic carbocycles. The van der Waals surface area contributed by atoms with Gasteiger partial charge in [0.05, 0.1) is 0 Å². The third-order valence-electron chi connectivity index (χ3n) is 3.40. The second-order valence-corrected chi connectivity index (χ2v) is 12.3. The monoisotopic (exact) mass is 277 g/mol. The van der Waals surface area contributed by atoms with Gasteiger partial charge in [-0.2, -0.15) is 0 Å². The fourth-order valence-electron chi connectivity index (χ4n) is 1.96. The lowest BCUT2D eigenvalue weighted by atomic mass is 10.5. The van der Waals surface area contributed by atoms with Crippen LogP contribution in [0.15, 0.2) is 0 Å². The topological polar surface area (TPSA) is 12.0 Å². The summed E-state index contributed by atoms with van der Waals surface area (Å²) in [5, 5.41) is 3.64. The van der Waals surface area contributed by atoms with Gasteiger partial charge in [0.1, 0.15) is 0 Å². The van der Waals surface area contributed by atoms with Crippen molar-refractivity contribution in [3.05, 3.63) is 0 Å². The van der Waals surface area contributed by atoms with Gasteiger partial charge >= 0.3 is 0 Å². The van der Waals surface area contributed by atoms with Gasteiger partial charge in [-0.05, 0) is 49.1 Å². The SMILES string of the molecule is CC(C)P(C)CCNCCP(C(C)C)C(C)C. The molecule has 0 saturated carbocycles. The van der Waals surface area contributed by atoms with Gasteiger partial charge in [0.2, 0.25) is 0 Å². The summed E-state index contributed by atoms with van der Waals surface area (Å²) < 4.78 is 0. The molecule has 0 rings (SSSR count). The van der Waals surface area contributed by atoms with Crippen molar-refractivity contribution in [3.63, 3.8) is 0 Å². The fraction of sp³-hybridized carbons (Fsp3) is 1.00. The summed E-state index contributed by atoms with van der Waals surface area (Å²) in [5.41, 5.74) is 2.65. The summed E-state index contributed by atoms with van der Waals surface area (Å²) in [6, 6.07) is 0. The Balaban J connectivity index is 3.62. The van der Waals surface area contributed by atoms with Crippen molar-refractivity contribution < 1.29 is 0 Å². The molecule has 0 saturated heterocycles. The van der Waals surface area contributed by atoms with Crippen LogP contribution in [-0.2, 0) is 0 Å². The average molecular weight is 277 g/mol. The van der Waals surface area contributed by atoms with E-state index in [9.17, 15) is 0 Å². The number of hydrogen-bond donors (Lipinski definition) is 1. The maximum absolute atomic E-state index is 3.64. The standard InChI is InChI=1S/C14H33NP2/c1-12(2)16(7)10-8-15-9-11-17(13(3)4)14(5)6/h12-15H,8-11H2,1-7H3. The Morgan fingerprint density at radius 3 is 1.65 bits per heavy atom. The van der Waals surface area contributed by atoms with Crippen molar-refractivity contribution in [1.29, 1.82) is 0 Å². The van der Waals surface area contributed by atoms with Crippen LogP contribution in [0.2, 0.25) is 0 Å². The Morgan fingerprint density at radius 2 is 1.24 bits per heavy atom. The summed E-state index contributed by atoms with van der Waals surface area (Å²) in [7, 11) is 0.466. The first-order chi connectivity index (χ1) is 7.86. The van der Waals surface area contributed by atoms with Gasteiger partial charge in [-0.3, -0.25) is 0 Å². The van der Waals surface area contributed by atoms with Crippen LogP contribution in [0.3, 0.4) is 0 Å². The molecule has 0 aliphatic heterocycles. The molecule has 3 heteroatoms. The maximum atomic E-state index is 3.64. The molecule has 0 spiro atoms. The van der Waals surface area contributed by atoms with E-state index in [0.717, 1.165) is 17.0 Å². The quantitative estimate of drug-likeness (QED) is 0.486. The Bertz CT molecular complexity index is 173. The first kappa shape index (κ1) is 17.8. The van der Waals surface area contributed by atoms with Crippen molar-refractivity contribution >= 4 is 15.8 Å². The molecule has 17 heavy (non-hydrogen) atoms. The zero-order valence-corrected chi connectivity index (χ0v) is 14.7. The summed E-state index contributed by atoms with van der Waals surface area (Å²) in [6.07, 6.45) is 2.78. The Labute approximate surface area is 112 Å². The van der Waals surface area contributed by atoms with Crippen molar-refractivity contribution in [1.82, 2.24) is 5.32 Å². The van der Waals surface area contributed by atoms with Crippen molar-refractivity contribution in [2.24, 2.45) is 0 Å². The van der Waals surface area contributed by atoms with Gasteiger partial charge < -0.3 is 5.32 Å². The molecule has 1 N–H and O–H groups in total. The van der Waals surface area contributed by atoms with E-state index < -0.39 is 0 Å². The van der Waals surface area contributed by atoms with Crippen LogP contribution in [0.1, 0.15) is 41.5 Å². The van der Waals surface area contributed by atoms with E-state index in [0.29, 0.717) is 0 Å². The minimum absolute atomic E-state index is 0.220. The third kappa shape index (κ3) is 8.52. The summed E-state index contributed by atoms with van der Waals surface area (Å²) >= 11 is 0. The van der Waals surface area contributed by atoms with E-state index in [1.54, 1.807) is 0 Å². The first-order valence-electron chi connectivity index (χ1n) is 7.03. The molecule has 0 aromatic carbocycles. The Kier molecular flexibility index (Phi) is 10.2. The van der Waals surface area contributed by atoms with Gasteiger partial charge in [-0.1, -0.05) is 41.5 Å². The molecule has 104 valence electrons. The molecule has 1 nitrogen and oxygen atoms in total. The largest absolute Gasteiger partial charge is 0.316 e. The molecule has 1 unspecified atom stereocenters. The van der Waals surface area contributed by atoms with Gasteiger partial charge in [0.15, 0.2) is 0 Å². The first-order valence-corrected chi connectivity index (χ1v) is 10.7. The minimum atomic E-state index is 0.220. The lowest BCUT2D eigenvalue weighted by Crippen LogP contribution is -2.23. The van der Waals surface area contributed by atoms with Gasteiger partial charge in [0, 0.05) is 0 Å². The second-order valence-electron chi connectivity index (χ2n) is 5.75. The number of nitrogens with one attached hydrogen (secondary N) is 1. The number of hydrogen-bond acceptors (Lipinski definition) is 1. The maximum Gasteiger partial charge on any atom is -0.000917 e. The van der Waals surface area contributed by atoms with E-state index in [1.807, 2.05) is 0 Å². The predicted molar refractivity (Wildman–Crippen MR) is 87.8 cm³/mol. The average Bonchev–Trinajstić information content (AvgIpc) is 2.21. The number of rotatable bonds is 9. The lowest BCUT2D eigenvalue weighted by molar-refractivity contribution is 0.763. The molecule has 0 aromatic rings. The highest BCUT2D eigenvalue weighted by molar-refractivity contribution is 7.59. The van der Waals surface area contributed by atoms with Crippen LogP contribution in [0, 0.1) is 0 Å². The molecule has 0 aliphatic rings. The predicted octanol–water partition coefficient (Wildman–Crippen LogP) is 4.39. The van der Waals surface area contributed by atoms with Crippen LogP contribution in [0.4, 0.5) is 0 Å². The molecule has 0 radical (unpaired) electrons. The van der Waals surface area contributed by atoms with E-state index in [-0.39, 0.29) is 15.8 Å². The molecule has 1 atom stereocenters. The minimum Gasteiger partial charge on any atom is -0.316 e. The zero-order chi connectivity index (χ0) is 13.4. The van der Waals surface area contributed by atoms with Crippen LogP contribution in [-0.4, -0.2) is 49.1 Å². The van der Waals surface area contributed by atoms with Crippen molar-refractivity contribution in [2.45, 2.75) is 58.5 Å². The van der Waals surface area contributed by atoms with Gasteiger partial charge in [0.25, 0.3) is 0 Å². The molecular weight excluding hydrogens is 244 g/mol. The van der Waals surface area contributed by atoms with E-state index in [2.05, 4.69) is 53.5 Å². The van der Waals surface area contributed by atoms with Crippen LogP contribution in [0.25, 0.3) is 0 Å². The van der Waals surface area contributed by atoms with Crippen molar-refractivity contribution in [2.75, 3.05) is 32.1 Å². The van der Waals surface area contributed by atoms with Crippen molar-refractivity contribution in [3.8, 4) is 0 Å². The second kappa shape index (κ2) is 9.71. The smallest absolute Gasteiger partial charge is 0.000917 e. The normalized spacial score (nSPS) is 14.3. The van der Waals surface area contributed by atoms with Gasteiger partial charge in [-0.25, -0.2) is 0 Å². The van der Waals surface area contributed by atoms with E-state index in [4.69, 9.17) is 0 Å².